The molecule has 0 unspecified atom stereocenters. The van der Waals surface area contributed by atoms with Gasteiger partial charge >= 0.3 is 0 Å². The molecule has 2 aromatic carbocycles. The molecule has 0 amide bonds. The number of allylic oxidation sites excluding steroid dienone is 1. The summed E-state index contributed by atoms with van der Waals surface area (Å²) in [7, 11) is 0. The Morgan fingerprint density at radius 3 is 2.72 bits per heavy atom. The molecule has 0 saturated heterocycles. The van der Waals surface area contributed by atoms with E-state index in [1.54, 1.807) is 0 Å². The van der Waals surface area contributed by atoms with Gasteiger partial charge in [-0.05, 0) is 60.7 Å². The Kier molecular flexibility index (Phi) is 3.69. The van der Waals surface area contributed by atoms with E-state index in [1.807, 2.05) is 56.3 Å². The average molecular weight is 236 g/mol. The minimum absolute atomic E-state index is 0.410. The standard InChI is InChI=1S/C17H16O/c1-13-11-12-16(17(18)14(13)2)10-6-9-15-7-4-3-5-8-15/h4,6-9,11-12,18H,10H2,1-2H3/b9-6+. The van der Waals surface area contributed by atoms with Crippen LogP contribution in [-0.4, -0.2) is 5.11 Å². The quantitative estimate of drug-likeness (QED) is 0.857. The van der Waals surface area contributed by atoms with Crippen molar-refractivity contribution in [1.82, 2.24) is 0 Å². The van der Waals surface area contributed by atoms with Crippen molar-refractivity contribution in [3.05, 3.63) is 70.8 Å². The molecule has 0 aliphatic carbocycles. The van der Waals surface area contributed by atoms with Crippen LogP contribution in [0, 0.1) is 26.0 Å². The van der Waals surface area contributed by atoms with Gasteiger partial charge in [-0.25, -0.2) is 0 Å². The van der Waals surface area contributed by atoms with Gasteiger partial charge in [-0.15, -0.1) is 0 Å². The SMILES string of the molecule is Cc1ccc(C/C=C/c2cc#ccc2)c(O)c1C. The smallest absolute Gasteiger partial charge is 0.122 e. The summed E-state index contributed by atoms with van der Waals surface area (Å²) in [5.41, 5.74) is 4.13. The zero-order valence-corrected chi connectivity index (χ0v) is 10.7. The molecule has 1 heteroatoms. The van der Waals surface area contributed by atoms with E-state index in [1.165, 1.54) is 0 Å². The van der Waals surface area contributed by atoms with Crippen LogP contribution < -0.4 is 0 Å². The molecule has 0 spiro atoms. The summed E-state index contributed by atoms with van der Waals surface area (Å²) < 4.78 is 0. The predicted octanol–water partition coefficient (Wildman–Crippen LogP) is 3.87. The fourth-order valence-electron chi connectivity index (χ4n) is 1.81. The van der Waals surface area contributed by atoms with E-state index in [2.05, 4.69) is 12.1 Å². The molecule has 0 aliphatic heterocycles. The first kappa shape index (κ1) is 12.3. The number of benzene rings is 1. The fraction of sp³-hybridized carbons (Fsp3) is 0.176. The molecule has 0 aromatic heterocycles. The largest absolute Gasteiger partial charge is 0.507 e. The maximum atomic E-state index is 10.0. The molecule has 18 heavy (non-hydrogen) atoms. The van der Waals surface area contributed by atoms with Crippen LogP contribution in [0.5, 0.6) is 5.75 Å². The van der Waals surface area contributed by atoms with Crippen LogP contribution in [0.2, 0.25) is 0 Å². The van der Waals surface area contributed by atoms with Crippen molar-refractivity contribution in [1.29, 1.82) is 0 Å². The zero-order chi connectivity index (χ0) is 13.0. The Balaban J connectivity index is 2.12. The van der Waals surface area contributed by atoms with Crippen molar-refractivity contribution in [2.24, 2.45) is 0 Å². The molecule has 0 heterocycles. The van der Waals surface area contributed by atoms with E-state index in [9.17, 15) is 5.11 Å². The Bertz CT molecular complexity index is 553. The highest BCUT2D eigenvalue weighted by Crippen LogP contribution is 2.25. The van der Waals surface area contributed by atoms with Crippen LogP contribution in [0.25, 0.3) is 6.08 Å². The maximum absolute atomic E-state index is 10.0. The Labute approximate surface area is 108 Å². The molecule has 90 valence electrons. The molecule has 1 nitrogen and oxygen atoms in total. The van der Waals surface area contributed by atoms with Crippen molar-refractivity contribution in [3.63, 3.8) is 0 Å². The Morgan fingerprint density at radius 2 is 2.00 bits per heavy atom. The van der Waals surface area contributed by atoms with Crippen molar-refractivity contribution in [2.75, 3.05) is 0 Å². The van der Waals surface area contributed by atoms with Gasteiger partial charge in [0.2, 0.25) is 0 Å². The monoisotopic (exact) mass is 236 g/mol. The van der Waals surface area contributed by atoms with Crippen molar-refractivity contribution in [3.8, 4) is 5.75 Å². The van der Waals surface area contributed by atoms with E-state index in [0.29, 0.717) is 5.75 Å². The summed E-state index contributed by atoms with van der Waals surface area (Å²) in [5.74, 6) is 0.410. The van der Waals surface area contributed by atoms with Gasteiger partial charge in [0.25, 0.3) is 0 Å². The van der Waals surface area contributed by atoms with Crippen molar-refractivity contribution >= 4 is 6.08 Å². The molecule has 0 atom stereocenters. The molecule has 0 aliphatic rings. The van der Waals surface area contributed by atoms with Crippen LogP contribution in [0.15, 0.2) is 36.4 Å². The number of hydrogen-bond donors (Lipinski definition) is 1. The predicted molar refractivity (Wildman–Crippen MR) is 74.4 cm³/mol. The highest BCUT2D eigenvalue weighted by atomic mass is 16.3. The lowest BCUT2D eigenvalue weighted by atomic mass is 10.0. The van der Waals surface area contributed by atoms with Crippen LogP contribution in [0.4, 0.5) is 0 Å². The van der Waals surface area contributed by atoms with Crippen molar-refractivity contribution < 1.29 is 5.11 Å². The van der Waals surface area contributed by atoms with Gasteiger partial charge in [0.15, 0.2) is 0 Å². The lowest BCUT2D eigenvalue weighted by Gasteiger charge is -2.07. The molecule has 0 fully saturated rings. The molecular formula is C17H16O. The first-order valence-electron chi connectivity index (χ1n) is 6.01. The summed E-state index contributed by atoms with van der Waals surface area (Å²) in [4.78, 5) is 0. The van der Waals surface area contributed by atoms with Gasteiger partial charge in [-0.3, -0.25) is 0 Å². The first-order valence-corrected chi connectivity index (χ1v) is 6.01. The topological polar surface area (TPSA) is 20.2 Å². The summed E-state index contributed by atoms with van der Waals surface area (Å²) in [5, 5.41) is 10.0. The highest BCUT2D eigenvalue weighted by Gasteiger charge is 2.04. The molecular weight excluding hydrogens is 220 g/mol. The van der Waals surface area contributed by atoms with Crippen LogP contribution in [0.1, 0.15) is 22.3 Å². The molecule has 0 bridgehead atoms. The number of hydrogen-bond acceptors (Lipinski definition) is 1. The summed E-state index contributed by atoms with van der Waals surface area (Å²) in [6.07, 6.45) is 4.80. The van der Waals surface area contributed by atoms with Crippen LogP contribution >= 0.6 is 0 Å². The minimum Gasteiger partial charge on any atom is -0.507 e. The first-order chi connectivity index (χ1) is 8.68. The second kappa shape index (κ2) is 5.42. The summed E-state index contributed by atoms with van der Waals surface area (Å²) >= 11 is 0. The highest BCUT2D eigenvalue weighted by molar-refractivity contribution is 5.50. The number of aryl methyl sites for hydroxylation is 1. The molecule has 0 radical (unpaired) electrons. The average Bonchev–Trinajstić information content (AvgIpc) is 2.40. The van der Waals surface area contributed by atoms with E-state index < -0.39 is 0 Å². The van der Waals surface area contributed by atoms with Gasteiger partial charge < -0.3 is 5.11 Å². The minimum atomic E-state index is 0.410. The van der Waals surface area contributed by atoms with Crippen LogP contribution in [0.3, 0.4) is 0 Å². The lowest BCUT2D eigenvalue weighted by Crippen LogP contribution is -1.88. The molecule has 2 aromatic rings. The Hall–Kier alpha value is -2.20. The van der Waals surface area contributed by atoms with E-state index >= 15 is 0 Å². The number of phenols is 1. The second-order valence-corrected chi connectivity index (χ2v) is 4.39. The van der Waals surface area contributed by atoms with Gasteiger partial charge in [0.05, 0.1) is 0 Å². The van der Waals surface area contributed by atoms with E-state index in [-0.39, 0.29) is 0 Å². The van der Waals surface area contributed by atoms with Crippen molar-refractivity contribution in [2.45, 2.75) is 20.3 Å². The summed E-state index contributed by atoms with van der Waals surface area (Å²) in [6.45, 7) is 3.95. The number of aromatic hydroxyl groups is 1. The molecule has 2 rings (SSSR count). The number of rotatable bonds is 3. The molecule has 0 saturated carbocycles. The van der Waals surface area contributed by atoms with Crippen LogP contribution in [-0.2, 0) is 6.42 Å². The zero-order valence-electron chi connectivity index (χ0n) is 10.7. The van der Waals surface area contributed by atoms with E-state index in [4.69, 9.17) is 0 Å². The number of phenolic OH excluding ortho intramolecular Hbond substituents is 1. The third-order valence-electron chi connectivity index (χ3n) is 3.11. The van der Waals surface area contributed by atoms with Gasteiger partial charge in [0.1, 0.15) is 5.75 Å². The lowest BCUT2D eigenvalue weighted by molar-refractivity contribution is 0.465. The normalized spacial score (nSPS) is 10.6. The second-order valence-electron chi connectivity index (χ2n) is 4.39. The van der Waals surface area contributed by atoms with Gasteiger partial charge in [-0.1, -0.05) is 36.4 Å². The third kappa shape index (κ3) is 2.73. The maximum Gasteiger partial charge on any atom is 0.122 e. The van der Waals surface area contributed by atoms with E-state index in [0.717, 1.165) is 28.7 Å². The third-order valence-corrected chi connectivity index (χ3v) is 3.11. The Morgan fingerprint density at radius 1 is 1.17 bits per heavy atom. The van der Waals surface area contributed by atoms with Gasteiger partial charge in [-0.2, -0.15) is 0 Å². The molecule has 1 N–H and O–H groups in total. The fourth-order valence-corrected chi connectivity index (χ4v) is 1.81. The summed E-state index contributed by atoms with van der Waals surface area (Å²) in [6, 6.07) is 15.5. The van der Waals surface area contributed by atoms with Gasteiger partial charge in [0, 0.05) is 0 Å².